The molecule has 0 aliphatic carbocycles. The van der Waals surface area contributed by atoms with E-state index < -0.39 is 5.97 Å². The standard InChI is InChI=1S/C10H7NO2S/c11-6-8(10(12)13)7-14-9-4-2-1-3-5-9/h1-5,7H,(H,12,13)/b8-7+. The average Bonchev–Trinajstić information content (AvgIpc) is 2.20. The molecule has 3 nitrogen and oxygen atoms in total. The Morgan fingerprint density at radius 3 is 2.57 bits per heavy atom. The Labute approximate surface area is 85.7 Å². The van der Waals surface area contributed by atoms with Crippen molar-refractivity contribution >= 4 is 17.7 Å². The van der Waals surface area contributed by atoms with E-state index >= 15 is 0 Å². The first-order valence-corrected chi connectivity index (χ1v) is 4.67. The zero-order valence-electron chi connectivity index (χ0n) is 7.18. The number of nitriles is 1. The molecular weight excluding hydrogens is 198 g/mol. The van der Waals surface area contributed by atoms with Gasteiger partial charge in [0.05, 0.1) is 0 Å². The zero-order chi connectivity index (χ0) is 10.4. The van der Waals surface area contributed by atoms with E-state index in [0.29, 0.717) is 0 Å². The van der Waals surface area contributed by atoms with Gasteiger partial charge in [0.15, 0.2) is 0 Å². The van der Waals surface area contributed by atoms with E-state index in [0.717, 1.165) is 4.90 Å². The molecule has 4 heteroatoms. The Balaban J connectivity index is 2.73. The summed E-state index contributed by atoms with van der Waals surface area (Å²) in [5, 5.41) is 18.3. The molecule has 0 aliphatic heterocycles. The van der Waals surface area contributed by atoms with Gasteiger partial charge in [0.2, 0.25) is 0 Å². The van der Waals surface area contributed by atoms with Gasteiger partial charge in [-0.25, -0.2) is 4.79 Å². The quantitative estimate of drug-likeness (QED) is 0.467. The van der Waals surface area contributed by atoms with Gasteiger partial charge in [-0.05, 0) is 12.1 Å². The van der Waals surface area contributed by atoms with Gasteiger partial charge in [-0.2, -0.15) is 5.26 Å². The van der Waals surface area contributed by atoms with Crippen molar-refractivity contribution in [3.05, 3.63) is 41.3 Å². The predicted octanol–water partition coefficient (Wildman–Crippen LogP) is 2.27. The molecule has 0 bridgehead atoms. The van der Waals surface area contributed by atoms with Gasteiger partial charge in [0.25, 0.3) is 0 Å². The Kier molecular flexibility index (Phi) is 3.77. The molecular formula is C10H7NO2S. The number of carboxylic acids is 1. The minimum atomic E-state index is -1.20. The van der Waals surface area contributed by atoms with Gasteiger partial charge >= 0.3 is 5.97 Å². The van der Waals surface area contributed by atoms with E-state index in [2.05, 4.69) is 0 Å². The number of benzene rings is 1. The third-order valence-corrected chi connectivity index (χ3v) is 2.30. The first-order valence-electron chi connectivity index (χ1n) is 3.79. The highest BCUT2D eigenvalue weighted by atomic mass is 32.2. The monoisotopic (exact) mass is 205 g/mol. The lowest BCUT2D eigenvalue weighted by atomic mass is 10.3. The lowest BCUT2D eigenvalue weighted by Crippen LogP contribution is -1.96. The van der Waals surface area contributed by atoms with Crippen molar-refractivity contribution in [2.45, 2.75) is 4.90 Å². The summed E-state index contributed by atoms with van der Waals surface area (Å²) in [6.07, 6.45) is 0. The van der Waals surface area contributed by atoms with Gasteiger partial charge in [-0.15, -0.1) is 0 Å². The molecule has 0 fully saturated rings. The minimum absolute atomic E-state index is 0.251. The highest BCUT2D eigenvalue weighted by Gasteiger charge is 2.04. The molecule has 14 heavy (non-hydrogen) atoms. The molecule has 1 aromatic carbocycles. The topological polar surface area (TPSA) is 61.1 Å². The van der Waals surface area contributed by atoms with Gasteiger partial charge in [0.1, 0.15) is 11.6 Å². The van der Waals surface area contributed by atoms with Crippen LogP contribution in [-0.2, 0) is 4.79 Å². The number of aliphatic carboxylic acids is 1. The minimum Gasteiger partial charge on any atom is -0.477 e. The van der Waals surface area contributed by atoms with Crippen LogP contribution in [0, 0.1) is 11.3 Å². The molecule has 1 N–H and O–H groups in total. The summed E-state index contributed by atoms with van der Waals surface area (Å²) >= 11 is 1.22. The molecule has 0 radical (unpaired) electrons. The number of hydrogen-bond acceptors (Lipinski definition) is 3. The highest BCUT2D eigenvalue weighted by molar-refractivity contribution is 8.02. The van der Waals surface area contributed by atoms with Crippen molar-refractivity contribution < 1.29 is 9.90 Å². The Morgan fingerprint density at radius 1 is 1.43 bits per heavy atom. The molecule has 0 saturated carbocycles. The second-order valence-electron chi connectivity index (χ2n) is 2.38. The van der Waals surface area contributed by atoms with Crippen LogP contribution in [0.2, 0.25) is 0 Å². The van der Waals surface area contributed by atoms with Crippen LogP contribution in [0.1, 0.15) is 0 Å². The van der Waals surface area contributed by atoms with Crippen LogP contribution < -0.4 is 0 Å². The fourth-order valence-electron chi connectivity index (χ4n) is 0.751. The molecule has 0 spiro atoms. The van der Waals surface area contributed by atoms with Crippen molar-refractivity contribution in [1.29, 1.82) is 5.26 Å². The van der Waals surface area contributed by atoms with Crippen LogP contribution in [0.25, 0.3) is 0 Å². The lowest BCUT2D eigenvalue weighted by molar-refractivity contribution is -0.132. The number of carbonyl (C=O) groups is 1. The number of hydrogen-bond donors (Lipinski definition) is 1. The molecule has 0 heterocycles. The van der Waals surface area contributed by atoms with Crippen LogP contribution >= 0.6 is 11.8 Å². The predicted molar refractivity (Wildman–Crippen MR) is 53.6 cm³/mol. The third kappa shape index (κ3) is 2.96. The Morgan fingerprint density at radius 2 is 2.07 bits per heavy atom. The van der Waals surface area contributed by atoms with E-state index in [1.807, 2.05) is 30.3 Å². The highest BCUT2D eigenvalue weighted by Crippen LogP contribution is 2.19. The molecule has 0 amide bonds. The maximum Gasteiger partial charge on any atom is 0.346 e. The zero-order valence-corrected chi connectivity index (χ0v) is 7.99. The van der Waals surface area contributed by atoms with E-state index in [1.54, 1.807) is 6.07 Å². The van der Waals surface area contributed by atoms with Crippen LogP contribution in [0.5, 0.6) is 0 Å². The smallest absolute Gasteiger partial charge is 0.346 e. The maximum atomic E-state index is 10.4. The van der Waals surface area contributed by atoms with Gasteiger partial charge in [-0.1, -0.05) is 30.0 Å². The summed E-state index contributed by atoms with van der Waals surface area (Å²) in [5.74, 6) is -1.20. The van der Waals surface area contributed by atoms with Crippen molar-refractivity contribution in [1.82, 2.24) is 0 Å². The molecule has 70 valence electrons. The Hall–Kier alpha value is -1.73. The largest absolute Gasteiger partial charge is 0.477 e. The molecule has 1 rings (SSSR count). The average molecular weight is 205 g/mol. The summed E-state index contributed by atoms with van der Waals surface area (Å²) in [6, 6.07) is 10.9. The molecule has 0 saturated heterocycles. The maximum absolute atomic E-state index is 10.4. The summed E-state index contributed by atoms with van der Waals surface area (Å²) in [4.78, 5) is 11.4. The van der Waals surface area contributed by atoms with Crippen LogP contribution in [0.3, 0.4) is 0 Å². The van der Waals surface area contributed by atoms with E-state index in [4.69, 9.17) is 10.4 Å². The van der Waals surface area contributed by atoms with Crippen LogP contribution in [0.4, 0.5) is 0 Å². The number of rotatable bonds is 3. The molecule has 0 unspecified atom stereocenters. The normalized spacial score (nSPS) is 10.6. The van der Waals surface area contributed by atoms with Crippen molar-refractivity contribution in [3.8, 4) is 6.07 Å². The number of thioether (sulfide) groups is 1. The number of nitrogens with zero attached hydrogens (tertiary/aromatic N) is 1. The van der Waals surface area contributed by atoms with Crippen molar-refractivity contribution in [2.24, 2.45) is 0 Å². The summed E-state index contributed by atoms with van der Waals surface area (Å²) in [7, 11) is 0. The molecule has 0 aliphatic rings. The van der Waals surface area contributed by atoms with E-state index in [9.17, 15) is 4.79 Å². The number of carboxylic acid groups (broad SMARTS) is 1. The SMILES string of the molecule is N#C/C(=C\Sc1ccccc1)C(=O)O. The second kappa shape index (κ2) is 5.10. The van der Waals surface area contributed by atoms with Crippen LogP contribution in [0.15, 0.2) is 46.2 Å². The van der Waals surface area contributed by atoms with E-state index in [-0.39, 0.29) is 5.57 Å². The summed E-state index contributed by atoms with van der Waals surface area (Å²) < 4.78 is 0. The van der Waals surface area contributed by atoms with E-state index in [1.165, 1.54) is 17.2 Å². The first kappa shape index (κ1) is 10.4. The summed E-state index contributed by atoms with van der Waals surface area (Å²) in [6.45, 7) is 0. The van der Waals surface area contributed by atoms with Gasteiger partial charge < -0.3 is 5.11 Å². The third-order valence-electron chi connectivity index (χ3n) is 1.41. The van der Waals surface area contributed by atoms with Gasteiger partial charge in [0, 0.05) is 10.3 Å². The van der Waals surface area contributed by atoms with Gasteiger partial charge in [-0.3, -0.25) is 0 Å². The summed E-state index contributed by atoms with van der Waals surface area (Å²) in [5.41, 5.74) is -0.251. The molecule has 0 atom stereocenters. The fraction of sp³-hybridized carbons (Fsp3) is 0. The van der Waals surface area contributed by atoms with Crippen molar-refractivity contribution in [3.63, 3.8) is 0 Å². The second-order valence-corrected chi connectivity index (χ2v) is 3.32. The lowest BCUT2D eigenvalue weighted by Gasteiger charge is -1.94. The van der Waals surface area contributed by atoms with Crippen molar-refractivity contribution in [2.75, 3.05) is 0 Å². The first-order chi connectivity index (χ1) is 6.74. The molecule has 1 aromatic rings. The molecule has 0 aromatic heterocycles. The van der Waals surface area contributed by atoms with Crippen LogP contribution in [-0.4, -0.2) is 11.1 Å². The fourth-order valence-corrected chi connectivity index (χ4v) is 1.47. The Bertz CT molecular complexity index is 392.